The SMILES string of the molecule is COC1(CNc2nn3cc(-c4ccc(Cl)cc4)nc3s2)CCOCC1. The standard InChI is InChI=1S/C17H19ClN4O2S/c1-23-17(6-8-24-9-7-17)11-19-15-21-22-10-14(20-16(22)25-15)12-2-4-13(18)5-3-12/h2-5,10H,6-9,11H2,1H3,(H,19,21). The van der Waals surface area contributed by atoms with Crippen molar-refractivity contribution >= 4 is 33.0 Å². The molecule has 0 amide bonds. The molecule has 1 aliphatic rings. The topological polar surface area (TPSA) is 60.7 Å². The van der Waals surface area contributed by atoms with Crippen molar-refractivity contribution in [1.82, 2.24) is 14.6 Å². The highest BCUT2D eigenvalue weighted by Crippen LogP contribution is 2.28. The molecular weight excluding hydrogens is 360 g/mol. The largest absolute Gasteiger partial charge is 0.381 e. The molecule has 3 heterocycles. The van der Waals surface area contributed by atoms with Gasteiger partial charge in [0.2, 0.25) is 10.1 Å². The Bertz CT molecular complexity index is 824. The summed E-state index contributed by atoms with van der Waals surface area (Å²) in [4.78, 5) is 5.50. The Morgan fingerprint density at radius 2 is 2.08 bits per heavy atom. The summed E-state index contributed by atoms with van der Waals surface area (Å²) in [6.45, 7) is 2.19. The van der Waals surface area contributed by atoms with Crippen molar-refractivity contribution in [3.05, 3.63) is 35.5 Å². The highest BCUT2D eigenvalue weighted by Gasteiger charge is 2.32. The number of anilines is 1. The third-order valence-corrected chi connectivity index (χ3v) is 5.71. The van der Waals surface area contributed by atoms with E-state index in [1.807, 2.05) is 30.5 Å². The highest BCUT2D eigenvalue weighted by molar-refractivity contribution is 7.20. The van der Waals surface area contributed by atoms with Crippen LogP contribution >= 0.6 is 22.9 Å². The van der Waals surface area contributed by atoms with Crippen LogP contribution in [0.1, 0.15) is 12.8 Å². The van der Waals surface area contributed by atoms with Crippen molar-refractivity contribution in [2.75, 3.05) is 32.2 Å². The van der Waals surface area contributed by atoms with Gasteiger partial charge in [-0.3, -0.25) is 0 Å². The van der Waals surface area contributed by atoms with Crippen LogP contribution in [0, 0.1) is 0 Å². The second-order valence-electron chi connectivity index (χ2n) is 6.12. The molecular formula is C17H19ClN4O2S. The molecule has 8 heteroatoms. The average molecular weight is 379 g/mol. The van der Waals surface area contributed by atoms with Crippen molar-refractivity contribution in [3.63, 3.8) is 0 Å². The average Bonchev–Trinajstić information content (AvgIpc) is 3.20. The van der Waals surface area contributed by atoms with Crippen molar-refractivity contribution in [1.29, 1.82) is 0 Å². The van der Waals surface area contributed by atoms with Gasteiger partial charge in [-0.1, -0.05) is 35.1 Å². The van der Waals surface area contributed by atoms with Gasteiger partial charge < -0.3 is 14.8 Å². The van der Waals surface area contributed by atoms with Crippen LogP contribution < -0.4 is 5.32 Å². The molecule has 0 bridgehead atoms. The van der Waals surface area contributed by atoms with Crippen LogP contribution in [0.15, 0.2) is 30.5 Å². The fraction of sp³-hybridized carbons (Fsp3) is 0.412. The normalized spacial score (nSPS) is 17.0. The third kappa shape index (κ3) is 3.50. The van der Waals surface area contributed by atoms with Gasteiger partial charge in [0, 0.05) is 50.3 Å². The quantitative estimate of drug-likeness (QED) is 0.733. The minimum atomic E-state index is -0.180. The summed E-state index contributed by atoms with van der Waals surface area (Å²) in [6, 6.07) is 7.65. The minimum Gasteiger partial charge on any atom is -0.381 e. The van der Waals surface area contributed by atoms with E-state index in [-0.39, 0.29) is 5.60 Å². The molecule has 1 fully saturated rings. The van der Waals surface area contributed by atoms with E-state index in [9.17, 15) is 0 Å². The second-order valence-corrected chi connectivity index (χ2v) is 7.51. The first-order valence-electron chi connectivity index (χ1n) is 8.16. The minimum absolute atomic E-state index is 0.180. The predicted octanol–water partition coefficient (Wildman–Crippen LogP) is 3.72. The number of ether oxygens (including phenoxy) is 2. The number of benzene rings is 1. The Labute approximate surface area is 154 Å². The molecule has 0 unspecified atom stereocenters. The van der Waals surface area contributed by atoms with Crippen LogP contribution in [0.4, 0.5) is 5.13 Å². The molecule has 4 rings (SSSR count). The van der Waals surface area contributed by atoms with Crippen LogP contribution in [0.5, 0.6) is 0 Å². The maximum Gasteiger partial charge on any atom is 0.214 e. The van der Waals surface area contributed by atoms with E-state index >= 15 is 0 Å². The Morgan fingerprint density at radius 3 is 2.76 bits per heavy atom. The number of halogens is 1. The number of hydrogen-bond acceptors (Lipinski definition) is 6. The van der Waals surface area contributed by atoms with Gasteiger partial charge in [-0.25, -0.2) is 9.50 Å². The molecule has 0 radical (unpaired) electrons. The van der Waals surface area contributed by atoms with E-state index < -0.39 is 0 Å². The lowest BCUT2D eigenvalue weighted by atomic mass is 9.94. The summed E-state index contributed by atoms with van der Waals surface area (Å²) in [5.74, 6) is 0. The van der Waals surface area contributed by atoms with Gasteiger partial charge in [0.25, 0.3) is 0 Å². The van der Waals surface area contributed by atoms with Gasteiger partial charge >= 0.3 is 0 Å². The van der Waals surface area contributed by atoms with Crippen LogP contribution in [-0.4, -0.2) is 47.1 Å². The zero-order chi connectivity index (χ0) is 17.3. The molecule has 0 atom stereocenters. The predicted molar refractivity (Wildman–Crippen MR) is 99.6 cm³/mol. The van der Waals surface area contributed by atoms with Crippen LogP contribution in [-0.2, 0) is 9.47 Å². The Kier molecular flexibility index (Phi) is 4.64. The number of hydrogen-bond donors (Lipinski definition) is 1. The van der Waals surface area contributed by atoms with Crippen molar-refractivity contribution in [2.45, 2.75) is 18.4 Å². The summed E-state index contributed by atoms with van der Waals surface area (Å²) in [7, 11) is 1.76. The van der Waals surface area contributed by atoms with Crippen molar-refractivity contribution in [2.24, 2.45) is 0 Å². The first-order valence-corrected chi connectivity index (χ1v) is 9.36. The smallest absolute Gasteiger partial charge is 0.214 e. The maximum absolute atomic E-state index is 5.94. The summed E-state index contributed by atoms with van der Waals surface area (Å²) >= 11 is 7.47. The molecule has 132 valence electrons. The molecule has 1 aromatic carbocycles. The molecule has 1 aliphatic heterocycles. The van der Waals surface area contributed by atoms with Gasteiger partial charge in [-0.2, -0.15) is 0 Å². The monoisotopic (exact) mass is 378 g/mol. The van der Waals surface area contributed by atoms with E-state index in [0.717, 1.165) is 52.4 Å². The van der Waals surface area contributed by atoms with Crippen LogP contribution in [0.25, 0.3) is 16.2 Å². The fourth-order valence-electron chi connectivity index (χ4n) is 2.96. The number of imidazole rings is 1. The van der Waals surface area contributed by atoms with Gasteiger partial charge in [0.1, 0.15) is 0 Å². The summed E-state index contributed by atoms with van der Waals surface area (Å²) in [5, 5.41) is 9.53. The number of nitrogens with one attached hydrogen (secondary N) is 1. The molecule has 25 heavy (non-hydrogen) atoms. The third-order valence-electron chi connectivity index (χ3n) is 4.58. The Balaban J connectivity index is 1.48. The molecule has 2 aromatic heterocycles. The highest BCUT2D eigenvalue weighted by atomic mass is 35.5. The number of aromatic nitrogens is 3. The van der Waals surface area contributed by atoms with Crippen LogP contribution in [0.2, 0.25) is 5.02 Å². The molecule has 1 saturated heterocycles. The van der Waals surface area contributed by atoms with Crippen LogP contribution in [0.3, 0.4) is 0 Å². The van der Waals surface area contributed by atoms with Gasteiger partial charge in [-0.05, 0) is 12.1 Å². The molecule has 3 aromatic rings. The van der Waals surface area contributed by atoms with Crippen molar-refractivity contribution < 1.29 is 9.47 Å². The van der Waals surface area contributed by atoms with Gasteiger partial charge in [0.15, 0.2) is 0 Å². The fourth-order valence-corrected chi connectivity index (χ4v) is 3.87. The first-order chi connectivity index (χ1) is 12.2. The number of fused-ring (bicyclic) bond motifs is 1. The van der Waals surface area contributed by atoms with Crippen molar-refractivity contribution in [3.8, 4) is 11.3 Å². The Hall–Kier alpha value is -1.67. The Morgan fingerprint density at radius 1 is 1.32 bits per heavy atom. The lowest BCUT2D eigenvalue weighted by Gasteiger charge is -2.35. The zero-order valence-corrected chi connectivity index (χ0v) is 15.4. The number of methoxy groups -OCH3 is 1. The molecule has 0 aliphatic carbocycles. The lowest BCUT2D eigenvalue weighted by Crippen LogP contribution is -2.44. The molecule has 6 nitrogen and oxygen atoms in total. The molecule has 1 N–H and O–H groups in total. The summed E-state index contributed by atoms with van der Waals surface area (Å²) < 4.78 is 13.0. The number of nitrogens with zero attached hydrogens (tertiary/aromatic N) is 3. The van der Waals surface area contributed by atoms with E-state index in [0.29, 0.717) is 6.54 Å². The van der Waals surface area contributed by atoms with Gasteiger partial charge in [0.05, 0.1) is 17.5 Å². The number of rotatable bonds is 5. The van der Waals surface area contributed by atoms with Gasteiger partial charge in [-0.15, -0.1) is 5.10 Å². The second kappa shape index (κ2) is 6.92. The molecule has 0 spiro atoms. The summed E-state index contributed by atoms with van der Waals surface area (Å²) in [6.07, 6.45) is 3.71. The van der Waals surface area contributed by atoms with E-state index in [1.54, 1.807) is 11.6 Å². The molecule has 0 saturated carbocycles. The van der Waals surface area contributed by atoms with E-state index in [1.165, 1.54) is 11.3 Å². The lowest BCUT2D eigenvalue weighted by molar-refractivity contribution is -0.0807. The summed E-state index contributed by atoms with van der Waals surface area (Å²) in [5.41, 5.74) is 1.73. The van der Waals surface area contributed by atoms with E-state index in [2.05, 4.69) is 15.4 Å². The first kappa shape index (κ1) is 16.8. The zero-order valence-electron chi connectivity index (χ0n) is 13.9. The maximum atomic E-state index is 5.94. The van der Waals surface area contributed by atoms with E-state index in [4.69, 9.17) is 21.1 Å².